The van der Waals surface area contributed by atoms with Crippen molar-refractivity contribution >= 4 is 22.8 Å². The molecule has 1 saturated carbocycles. The lowest BCUT2D eigenvalue weighted by atomic mass is 9.96. The van der Waals surface area contributed by atoms with Gasteiger partial charge in [0.1, 0.15) is 6.33 Å². The number of carbonyl (C=O) groups excluding carboxylic acids is 1. The van der Waals surface area contributed by atoms with Crippen molar-refractivity contribution in [3.05, 3.63) is 36.3 Å². The highest BCUT2D eigenvalue weighted by molar-refractivity contribution is 6.11. The molecule has 118 valence electrons. The first-order chi connectivity index (χ1) is 11.3. The Balaban J connectivity index is 1.52. The minimum atomic E-state index is -0.235. The largest absolute Gasteiger partial charge is 0.289 e. The van der Waals surface area contributed by atoms with Crippen LogP contribution < -0.4 is 5.32 Å². The van der Waals surface area contributed by atoms with Crippen LogP contribution in [-0.2, 0) is 0 Å². The number of para-hydroxylation sites is 1. The van der Waals surface area contributed by atoms with Crippen molar-refractivity contribution in [2.75, 3.05) is 5.32 Å². The molecule has 1 fully saturated rings. The van der Waals surface area contributed by atoms with Crippen LogP contribution in [0.25, 0.3) is 10.9 Å². The summed E-state index contributed by atoms with van der Waals surface area (Å²) in [6, 6.07) is 5.90. The van der Waals surface area contributed by atoms with E-state index in [2.05, 4.69) is 25.6 Å². The Kier molecular flexibility index (Phi) is 3.53. The fourth-order valence-electron chi connectivity index (χ4n) is 3.18. The van der Waals surface area contributed by atoms with Gasteiger partial charge in [-0.25, -0.2) is 9.67 Å². The molecule has 2 heterocycles. The Morgan fingerprint density at radius 2 is 2.13 bits per heavy atom. The van der Waals surface area contributed by atoms with Crippen LogP contribution in [0.3, 0.4) is 0 Å². The molecule has 2 aromatic heterocycles. The second-order valence-electron chi connectivity index (χ2n) is 5.93. The average molecular weight is 310 g/mol. The highest BCUT2D eigenvalue weighted by atomic mass is 16.1. The van der Waals surface area contributed by atoms with Crippen molar-refractivity contribution in [2.24, 2.45) is 0 Å². The van der Waals surface area contributed by atoms with Crippen molar-refractivity contribution in [3.63, 3.8) is 0 Å². The maximum absolute atomic E-state index is 12.5. The Morgan fingerprint density at radius 3 is 3.00 bits per heavy atom. The summed E-state index contributed by atoms with van der Waals surface area (Å²) >= 11 is 0. The van der Waals surface area contributed by atoms with Gasteiger partial charge in [0.05, 0.1) is 23.3 Å². The molecule has 7 nitrogen and oxygen atoms in total. The van der Waals surface area contributed by atoms with Gasteiger partial charge in [-0.2, -0.15) is 5.10 Å². The highest BCUT2D eigenvalue weighted by Crippen LogP contribution is 2.27. The van der Waals surface area contributed by atoms with Gasteiger partial charge in [-0.1, -0.05) is 31.4 Å². The van der Waals surface area contributed by atoms with Gasteiger partial charge in [0.2, 0.25) is 5.95 Å². The standard InChI is InChI=1S/C16H18N6O/c23-15(13-8-4-5-11-9-18-20-14(11)13)19-16-17-10-22(21-16)12-6-2-1-3-7-12/h4-5,8-10,12H,1-3,6-7H2,(H,18,20)(H,19,21,23). The third kappa shape index (κ3) is 2.69. The van der Waals surface area contributed by atoms with Gasteiger partial charge >= 0.3 is 0 Å². The lowest BCUT2D eigenvalue weighted by Gasteiger charge is -2.21. The summed E-state index contributed by atoms with van der Waals surface area (Å²) in [4.78, 5) is 16.7. The van der Waals surface area contributed by atoms with Gasteiger partial charge < -0.3 is 0 Å². The second kappa shape index (κ2) is 5.83. The van der Waals surface area contributed by atoms with Gasteiger partial charge in [-0.15, -0.1) is 5.10 Å². The first kappa shape index (κ1) is 13.9. The minimum absolute atomic E-state index is 0.235. The van der Waals surface area contributed by atoms with Crippen molar-refractivity contribution in [1.29, 1.82) is 0 Å². The number of benzene rings is 1. The molecule has 3 aromatic rings. The summed E-state index contributed by atoms with van der Waals surface area (Å²) < 4.78 is 1.88. The molecule has 2 N–H and O–H groups in total. The molecule has 0 atom stereocenters. The van der Waals surface area contributed by atoms with Crippen LogP contribution in [0, 0.1) is 0 Å². The number of aromatic nitrogens is 5. The molecule has 0 bridgehead atoms. The third-order valence-electron chi connectivity index (χ3n) is 4.40. The predicted molar refractivity (Wildman–Crippen MR) is 86.2 cm³/mol. The number of aromatic amines is 1. The van der Waals surface area contributed by atoms with E-state index in [1.54, 1.807) is 18.6 Å². The number of nitrogens with zero attached hydrogens (tertiary/aromatic N) is 4. The molecule has 0 saturated heterocycles. The van der Waals surface area contributed by atoms with Gasteiger partial charge in [0, 0.05) is 5.39 Å². The van der Waals surface area contributed by atoms with Crippen LogP contribution in [0.15, 0.2) is 30.7 Å². The number of amides is 1. The van der Waals surface area contributed by atoms with Crippen molar-refractivity contribution < 1.29 is 4.79 Å². The summed E-state index contributed by atoms with van der Waals surface area (Å²) in [5.74, 6) is 0.110. The van der Waals surface area contributed by atoms with Gasteiger partial charge in [0.25, 0.3) is 5.91 Å². The number of rotatable bonds is 3. The third-order valence-corrected chi connectivity index (χ3v) is 4.40. The normalized spacial score (nSPS) is 15.8. The van der Waals surface area contributed by atoms with Crippen molar-refractivity contribution in [3.8, 4) is 0 Å². The molecule has 0 unspecified atom stereocenters. The Bertz CT molecular complexity index is 830. The van der Waals surface area contributed by atoms with Crippen LogP contribution in [0.4, 0.5) is 5.95 Å². The zero-order chi connectivity index (χ0) is 15.6. The monoisotopic (exact) mass is 310 g/mol. The Labute approximate surface area is 133 Å². The molecule has 1 aliphatic carbocycles. The smallest absolute Gasteiger partial charge is 0.260 e. The first-order valence-electron chi connectivity index (χ1n) is 7.96. The molecule has 1 amide bonds. The van der Waals surface area contributed by atoms with Crippen LogP contribution in [-0.4, -0.2) is 30.9 Å². The zero-order valence-corrected chi connectivity index (χ0v) is 12.7. The summed E-state index contributed by atoms with van der Waals surface area (Å²) in [7, 11) is 0. The Morgan fingerprint density at radius 1 is 1.26 bits per heavy atom. The first-order valence-corrected chi connectivity index (χ1v) is 7.96. The number of carbonyl (C=O) groups is 1. The van der Waals surface area contributed by atoms with Gasteiger partial charge in [-0.05, 0) is 18.9 Å². The number of anilines is 1. The van der Waals surface area contributed by atoms with E-state index in [0.29, 0.717) is 17.6 Å². The van der Waals surface area contributed by atoms with Crippen LogP contribution in [0.5, 0.6) is 0 Å². The predicted octanol–water partition coefficient (Wildman–Crippen LogP) is 2.91. The Hall–Kier alpha value is -2.70. The van der Waals surface area contributed by atoms with Crippen LogP contribution in [0.1, 0.15) is 48.5 Å². The van der Waals surface area contributed by atoms with E-state index in [1.165, 1.54) is 19.3 Å². The van der Waals surface area contributed by atoms with E-state index in [4.69, 9.17) is 0 Å². The zero-order valence-electron chi connectivity index (χ0n) is 12.7. The number of nitrogens with one attached hydrogen (secondary N) is 2. The molecule has 0 aliphatic heterocycles. The van der Waals surface area contributed by atoms with Gasteiger partial charge in [-0.3, -0.25) is 15.2 Å². The summed E-state index contributed by atoms with van der Waals surface area (Å²) in [6.45, 7) is 0. The number of hydrogen-bond donors (Lipinski definition) is 2. The topological polar surface area (TPSA) is 88.5 Å². The van der Waals surface area contributed by atoms with Crippen LogP contribution >= 0.6 is 0 Å². The van der Waals surface area contributed by atoms with Crippen LogP contribution in [0.2, 0.25) is 0 Å². The van der Waals surface area contributed by atoms with E-state index in [9.17, 15) is 4.79 Å². The fourth-order valence-corrected chi connectivity index (χ4v) is 3.18. The number of hydrogen-bond acceptors (Lipinski definition) is 4. The van der Waals surface area contributed by atoms with E-state index in [0.717, 1.165) is 23.7 Å². The maximum Gasteiger partial charge on any atom is 0.260 e. The lowest BCUT2D eigenvalue weighted by molar-refractivity contribution is 0.102. The van der Waals surface area contributed by atoms with E-state index < -0.39 is 0 Å². The lowest BCUT2D eigenvalue weighted by Crippen LogP contribution is -2.16. The maximum atomic E-state index is 12.5. The van der Waals surface area contributed by atoms with Gasteiger partial charge in [0.15, 0.2) is 0 Å². The minimum Gasteiger partial charge on any atom is -0.289 e. The SMILES string of the molecule is O=C(Nc1ncn(C2CCCCC2)n1)c1cccc2cn[nH]c12. The molecule has 4 rings (SSSR count). The quantitative estimate of drug-likeness (QED) is 0.778. The number of fused-ring (bicyclic) bond motifs is 1. The van der Waals surface area contributed by atoms with E-state index >= 15 is 0 Å². The number of H-pyrrole nitrogens is 1. The average Bonchev–Trinajstić information content (AvgIpc) is 3.24. The van der Waals surface area contributed by atoms with E-state index in [1.807, 2.05) is 16.8 Å². The molecule has 7 heteroatoms. The highest BCUT2D eigenvalue weighted by Gasteiger charge is 2.18. The molecule has 0 spiro atoms. The molecule has 0 radical (unpaired) electrons. The van der Waals surface area contributed by atoms with Crippen molar-refractivity contribution in [2.45, 2.75) is 38.1 Å². The molecule has 23 heavy (non-hydrogen) atoms. The molecule has 1 aromatic carbocycles. The van der Waals surface area contributed by atoms with Crippen molar-refractivity contribution in [1.82, 2.24) is 25.0 Å². The fraction of sp³-hybridized carbons (Fsp3) is 0.375. The molecule has 1 aliphatic rings. The summed E-state index contributed by atoms with van der Waals surface area (Å²) in [6.07, 6.45) is 9.42. The summed E-state index contributed by atoms with van der Waals surface area (Å²) in [5.41, 5.74) is 1.26. The second-order valence-corrected chi connectivity index (χ2v) is 5.93. The molecular formula is C16H18N6O. The summed E-state index contributed by atoms with van der Waals surface area (Å²) in [5, 5.41) is 14.9. The molecular weight excluding hydrogens is 292 g/mol. The van der Waals surface area contributed by atoms with E-state index in [-0.39, 0.29) is 5.91 Å².